The second-order valence-corrected chi connectivity index (χ2v) is 9.65. The molecule has 1 fully saturated rings. The van der Waals surface area contributed by atoms with Gasteiger partial charge in [-0.25, -0.2) is 25.9 Å². The van der Waals surface area contributed by atoms with Crippen LogP contribution < -0.4 is 9.03 Å². The van der Waals surface area contributed by atoms with Gasteiger partial charge < -0.3 is 0 Å². The van der Waals surface area contributed by atoms with E-state index in [9.17, 15) is 21.6 Å². The Morgan fingerprint density at radius 2 is 1.79 bits per heavy atom. The van der Waals surface area contributed by atoms with Crippen molar-refractivity contribution in [3.05, 3.63) is 23.3 Å². The average Bonchev–Trinajstić information content (AvgIpc) is 2.70. The van der Waals surface area contributed by atoms with Crippen LogP contribution in [0.2, 0.25) is 0 Å². The molecule has 0 aromatic heterocycles. The fourth-order valence-corrected chi connectivity index (χ4v) is 5.97. The third-order valence-electron chi connectivity index (χ3n) is 4.00. The highest BCUT2D eigenvalue weighted by atomic mass is 32.2. The molecule has 134 valence electrons. The zero-order valence-corrected chi connectivity index (χ0v) is 15.8. The minimum atomic E-state index is -3.72. The Balaban J connectivity index is 2.52. The Morgan fingerprint density at radius 1 is 1.25 bits per heavy atom. The molecule has 1 aromatic carbocycles. The van der Waals surface area contributed by atoms with Gasteiger partial charge in [0.15, 0.2) is 0 Å². The minimum Gasteiger partial charge on any atom is -0.273 e. The maximum atomic E-state index is 12.6. The van der Waals surface area contributed by atoms with Crippen molar-refractivity contribution < 1.29 is 21.6 Å². The number of hydrogen-bond donors (Lipinski definition) is 1. The fraction of sp³-hybridized carbons (Fsp3) is 0.533. The Hall–Kier alpha value is -1.45. The number of benzene rings is 1. The van der Waals surface area contributed by atoms with Crippen LogP contribution in [-0.2, 0) is 24.8 Å². The second-order valence-electron chi connectivity index (χ2n) is 6.06. The van der Waals surface area contributed by atoms with E-state index in [0.717, 1.165) is 4.31 Å². The van der Waals surface area contributed by atoms with Gasteiger partial charge in [0.05, 0.1) is 16.3 Å². The molecule has 1 aromatic rings. The number of hydrogen-bond acceptors (Lipinski definition) is 5. The summed E-state index contributed by atoms with van der Waals surface area (Å²) in [5.41, 5.74) is 0.987. The van der Waals surface area contributed by atoms with Crippen molar-refractivity contribution in [2.45, 2.75) is 51.5 Å². The van der Waals surface area contributed by atoms with Gasteiger partial charge >= 0.3 is 0 Å². The number of anilines is 1. The van der Waals surface area contributed by atoms with Gasteiger partial charge in [-0.3, -0.25) is 4.79 Å². The molecule has 9 heteroatoms. The van der Waals surface area contributed by atoms with Gasteiger partial charge in [-0.1, -0.05) is 6.92 Å². The quantitative estimate of drug-likeness (QED) is 0.841. The first-order valence-electron chi connectivity index (χ1n) is 7.69. The molecule has 2 rings (SSSR count). The summed E-state index contributed by atoms with van der Waals surface area (Å²) in [5, 5.41) is 0. The molecule has 0 aliphatic carbocycles. The van der Waals surface area contributed by atoms with Crippen molar-refractivity contribution in [1.82, 2.24) is 4.72 Å². The maximum absolute atomic E-state index is 12.6. The first-order valence-corrected chi connectivity index (χ1v) is 10.8. The number of rotatable bonds is 5. The van der Waals surface area contributed by atoms with E-state index < -0.39 is 26.0 Å². The van der Waals surface area contributed by atoms with Gasteiger partial charge in [-0.05, 0) is 50.5 Å². The zero-order chi connectivity index (χ0) is 18.3. The zero-order valence-electron chi connectivity index (χ0n) is 14.2. The van der Waals surface area contributed by atoms with Crippen molar-refractivity contribution in [2.75, 3.05) is 10.1 Å². The van der Waals surface area contributed by atoms with Crippen LogP contribution in [-0.4, -0.2) is 34.5 Å². The van der Waals surface area contributed by atoms with E-state index in [2.05, 4.69) is 4.72 Å². The molecule has 0 unspecified atom stereocenters. The topological polar surface area (TPSA) is 101 Å². The minimum absolute atomic E-state index is 0.0595. The largest absolute Gasteiger partial charge is 0.273 e. The van der Waals surface area contributed by atoms with Crippen molar-refractivity contribution in [3.63, 3.8) is 0 Å². The Labute approximate surface area is 143 Å². The lowest BCUT2D eigenvalue weighted by Crippen LogP contribution is -2.33. The summed E-state index contributed by atoms with van der Waals surface area (Å²) in [6.07, 6.45) is 0.589. The van der Waals surface area contributed by atoms with E-state index in [1.165, 1.54) is 12.1 Å². The molecule has 1 atom stereocenters. The monoisotopic (exact) mass is 374 g/mol. The molecule has 1 aliphatic heterocycles. The molecule has 0 spiro atoms. The number of carbonyl (C=O) groups excluding carboxylic acids is 1. The third-order valence-corrected chi connectivity index (χ3v) is 7.58. The predicted octanol–water partition coefficient (Wildman–Crippen LogP) is 1.45. The van der Waals surface area contributed by atoms with E-state index >= 15 is 0 Å². The van der Waals surface area contributed by atoms with Crippen molar-refractivity contribution in [2.24, 2.45) is 0 Å². The molecule has 0 bridgehead atoms. The lowest BCUT2D eigenvalue weighted by atomic mass is 10.1. The van der Waals surface area contributed by atoms with Crippen LogP contribution in [0.5, 0.6) is 0 Å². The molecular weight excluding hydrogens is 352 g/mol. The number of carbonyl (C=O) groups is 1. The van der Waals surface area contributed by atoms with Gasteiger partial charge in [0.1, 0.15) is 0 Å². The highest BCUT2D eigenvalue weighted by Gasteiger charge is 2.37. The lowest BCUT2D eigenvalue weighted by Gasteiger charge is -2.20. The molecule has 1 N–H and O–H groups in total. The Kier molecular flexibility index (Phi) is 5.08. The summed E-state index contributed by atoms with van der Waals surface area (Å²) < 4.78 is 52.5. The van der Waals surface area contributed by atoms with Gasteiger partial charge in [0.25, 0.3) is 0 Å². The number of amides is 1. The van der Waals surface area contributed by atoms with E-state index in [1.54, 1.807) is 20.8 Å². The molecule has 24 heavy (non-hydrogen) atoms. The normalized spacial score (nSPS) is 18.8. The highest BCUT2D eigenvalue weighted by Crippen LogP contribution is 2.31. The van der Waals surface area contributed by atoms with Gasteiger partial charge in [-0.2, -0.15) is 0 Å². The van der Waals surface area contributed by atoms with Crippen molar-refractivity contribution in [1.29, 1.82) is 0 Å². The number of nitrogens with zero attached hydrogens (tertiary/aromatic N) is 1. The molecule has 1 heterocycles. The number of nitrogens with one attached hydrogen (secondary N) is 1. The van der Waals surface area contributed by atoms with Gasteiger partial charge in [0, 0.05) is 12.5 Å². The lowest BCUT2D eigenvalue weighted by molar-refractivity contribution is -0.116. The van der Waals surface area contributed by atoms with Crippen LogP contribution in [0.15, 0.2) is 17.0 Å². The first-order chi connectivity index (χ1) is 11.0. The summed E-state index contributed by atoms with van der Waals surface area (Å²) >= 11 is 0. The van der Waals surface area contributed by atoms with E-state index in [-0.39, 0.29) is 28.8 Å². The summed E-state index contributed by atoms with van der Waals surface area (Å²) in [7, 11) is -7.39. The van der Waals surface area contributed by atoms with Crippen molar-refractivity contribution >= 4 is 31.6 Å². The first kappa shape index (κ1) is 18.9. The molecular formula is C15H22N2O5S2. The van der Waals surface area contributed by atoms with Crippen LogP contribution in [0.1, 0.15) is 37.8 Å². The van der Waals surface area contributed by atoms with E-state index in [1.807, 2.05) is 6.92 Å². The average molecular weight is 374 g/mol. The summed E-state index contributed by atoms with van der Waals surface area (Å²) in [5.74, 6) is -0.721. The van der Waals surface area contributed by atoms with Gasteiger partial charge in [0.2, 0.25) is 26.0 Å². The SMILES string of the molecule is CC[C@@H](C)NS(=O)(=O)c1c(C)cc(N2C(=O)CCS2(=O)=O)cc1C. The second kappa shape index (κ2) is 6.45. The molecule has 7 nitrogen and oxygen atoms in total. The summed E-state index contributed by atoms with van der Waals surface area (Å²) in [4.78, 5) is 12.0. The van der Waals surface area contributed by atoms with Crippen LogP contribution in [0, 0.1) is 13.8 Å². The summed E-state index contributed by atoms with van der Waals surface area (Å²) in [6.45, 7) is 6.83. The smallest absolute Gasteiger partial charge is 0.242 e. The van der Waals surface area contributed by atoms with Crippen LogP contribution in [0.3, 0.4) is 0 Å². The third kappa shape index (κ3) is 3.47. The predicted molar refractivity (Wildman–Crippen MR) is 91.9 cm³/mol. The standard InChI is InChI=1S/C15H22N2O5S2/c1-5-12(4)16-24(21,22)15-10(2)8-13(9-11(15)3)17-14(18)6-7-23(17,19)20/h8-9,12,16H,5-7H2,1-4H3/t12-/m1/s1. The molecule has 1 amide bonds. The Morgan fingerprint density at radius 3 is 2.21 bits per heavy atom. The maximum Gasteiger partial charge on any atom is 0.242 e. The number of aryl methyl sites for hydroxylation is 2. The molecule has 0 saturated carbocycles. The van der Waals surface area contributed by atoms with Crippen LogP contribution in [0.25, 0.3) is 0 Å². The Bertz CT molecular complexity index is 852. The van der Waals surface area contributed by atoms with Crippen molar-refractivity contribution in [3.8, 4) is 0 Å². The van der Waals surface area contributed by atoms with E-state index in [0.29, 0.717) is 17.5 Å². The highest BCUT2D eigenvalue weighted by molar-refractivity contribution is 7.94. The molecule has 0 radical (unpaired) electrons. The molecule has 1 aliphatic rings. The summed E-state index contributed by atoms with van der Waals surface area (Å²) in [6, 6.07) is 2.65. The number of sulfonamides is 2. The van der Waals surface area contributed by atoms with Gasteiger partial charge in [-0.15, -0.1) is 0 Å². The van der Waals surface area contributed by atoms with Crippen LogP contribution >= 0.6 is 0 Å². The van der Waals surface area contributed by atoms with E-state index in [4.69, 9.17) is 0 Å². The molecule has 1 saturated heterocycles. The fourth-order valence-electron chi connectivity index (χ4n) is 2.74. The van der Waals surface area contributed by atoms with Crippen LogP contribution in [0.4, 0.5) is 5.69 Å².